The Morgan fingerprint density at radius 1 is 0.703 bits per heavy atom. The summed E-state index contributed by atoms with van der Waals surface area (Å²) in [5.74, 6) is -1.94. The third-order valence-corrected chi connectivity index (χ3v) is 7.30. The average Bonchev–Trinajstić information content (AvgIpc) is 2.90. The molecule has 0 aromatic heterocycles. The first kappa shape index (κ1) is 26.3. The summed E-state index contributed by atoms with van der Waals surface area (Å²) in [4.78, 5) is 38.1. The van der Waals surface area contributed by atoms with Gasteiger partial charge in [-0.05, 0) is 60.2 Å². The number of hydrogen-bond acceptors (Lipinski definition) is 4. The fraction of sp³-hybridized carbons (Fsp3) is 0.0357. The maximum atomic E-state index is 13.3. The predicted octanol–water partition coefficient (Wildman–Crippen LogP) is 7.42. The van der Waals surface area contributed by atoms with Gasteiger partial charge in [-0.15, -0.1) is 11.8 Å². The molecule has 0 aliphatic rings. The molecule has 37 heavy (non-hydrogen) atoms. The van der Waals surface area contributed by atoms with Crippen LogP contribution >= 0.6 is 35.0 Å². The van der Waals surface area contributed by atoms with Crippen molar-refractivity contribution in [2.24, 2.45) is 0 Å². The number of hydrogen-bond donors (Lipinski definition) is 3. The fourth-order valence-electron chi connectivity index (χ4n) is 3.50. The summed E-state index contributed by atoms with van der Waals surface area (Å²) in [5, 5.41) is 15.1. The van der Waals surface area contributed by atoms with Crippen LogP contribution in [0.15, 0.2) is 102 Å². The van der Waals surface area contributed by atoms with Gasteiger partial charge in [0, 0.05) is 16.3 Å². The maximum absolute atomic E-state index is 13.3. The summed E-state index contributed by atoms with van der Waals surface area (Å²) >= 11 is 13.4. The largest absolute Gasteiger partial charge is 0.478 e. The van der Waals surface area contributed by atoms with E-state index in [0.29, 0.717) is 21.4 Å². The minimum Gasteiger partial charge on any atom is -0.478 e. The Morgan fingerprint density at radius 2 is 1.32 bits per heavy atom. The van der Waals surface area contributed by atoms with Crippen molar-refractivity contribution in [3.05, 3.63) is 124 Å². The Morgan fingerprint density at radius 3 is 1.97 bits per heavy atom. The van der Waals surface area contributed by atoms with E-state index in [1.165, 1.54) is 23.9 Å². The molecule has 1 atom stereocenters. The molecule has 0 fully saturated rings. The van der Waals surface area contributed by atoms with Gasteiger partial charge in [-0.2, -0.15) is 0 Å². The van der Waals surface area contributed by atoms with Crippen LogP contribution in [0.2, 0.25) is 10.0 Å². The molecule has 3 N–H and O–H groups in total. The van der Waals surface area contributed by atoms with Gasteiger partial charge >= 0.3 is 5.97 Å². The second-order valence-corrected chi connectivity index (χ2v) is 9.85. The van der Waals surface area contributed by atoms with E-state index < -0.39 is 17.1 Å². The first-order chi connectivity index (χ1) is 17.8. The van der Waals surface area contributed by atoms with E-state index in [-0.39, 0.29) is 17.0 Å². The highest BCUT2D eigenvalue weighted by molar-refractivity contribution is 8.00. The molecular weight excluding hydrogens is 531 g/mol. The van der Waals surface area contributed by atoms with Gasteiger partial charge in [-0.1, -0.05) is 65.7 Å². The van der Waals surface area contributed by atoms with Gasteiger partial charge in [0.05, 0.1) is 21.2 Å². The Hall–Kier alpha value is -3.78. The molecule has 0 aliphatic carbocycles. The van der Waals surface area contributed by atoms with E-state index in [4.69, 9.17) is 23.2 Å². The molecule has 4 rings (SSSR count). The molecule has 0 bridgehead atoms. The number of carboxylic acid groups (broad SMARTS) is 1. The summed E-state index contributed by atoms with van der Waals surface area (Å²) < 4.78 is 0. The van der Waals surface area contributed by atoms with E-state index in [9.17, 15) is 19.5 Å². The highest BCUT2D eigenvalue weighted by Gasteiger charge is 2.23. The molecule has 2 amide bonds. The number of carbonyl (C=O) groups is 3. The molecular formula is C28H20Cl2N2O4S. The van der Waals surface area contributed by atoms with Gasteiger partial charge in [0.1, 0.15) is 5.25 Å². The number of rotatable bonds is 8. The van der Waals surface area contributed by atoms with E-state index in [2.05, 4.69) is 10.6 Å². The average molecular weight is 551 g/mol. The molecule has 0 spiro atoms. The van der Waals surface area contributed by atoms with Crippen LogP contribution < -0.4 is 10.6 Å². The van der Waals surface area contributed by atoms with Gasteiger partial charge < -0.3 is 15.7 Å². The first-order valence-corrected chi connectivity index (χ1v) is 12.7. The fourth-order valence-corrected chi connectivity index (χ4v) is 4.82. The van der Waals surface area contributed by atoms with Crippen molar-refractivity contribution in [3.8, 4) is 0 Å². The Labute approximate surface area is 227 Å². The molecule has 1 unspecified atom stereocenters. The zero-order valence-electron chi connectivity index (χ0n) is 19.2. The second kappa shape index (κ2) is 12.0. The Bertz CT molecular complexity index is 1450. The van der Waals surface area contributed by atoms with Gasteiger partial charge in [0.2, 0.25) is 5.91 Å². The summed E-state index contributed by atoms with van der Waals surface area (Å²) in [6, 6.07) is 27.2. The predicted molar refractivity (Wildman–Crippen MR) is 148 cm³/mol. The van der Waals surface area contributed by atoms with Crippen molar-refractivity contribution in [1.82, 2.24) is 0 Å². The maximum Gasteiger partial charge on any atom is 0.336 e. The highest BCUT2D eigenvalue weighted by atomic mass is 35.5. The van der Waals surface area contributed by atoms with Crippen LogP contribution in [0.1, 0.15) is 31.5 Å². The van der Waals surface area contributed by atoms with Gasteiger partial charge in [-0.25, -0.2) is 4.79 Å². The topological polar surface area (TPSA) is 95.5 Å². The van der Waals surface area contributed by atoms with Crippen molar-refractivity contribution in [2.75, 3.05) is 10.6 Å². The van der Waals surface area contributed by atoms with Gasteiger partial charge in [0.25, 0.3) is 5.91 Å². The molecule has 0 heterocycles. The number of amides is 2. The summed E-state index contributed by atoms with van der Waals surface area (Å²) in [6.07, 6.45) is 0. The molecule has 4 aromatic rings. The van der Waals surface area contributed by atoms with Crippen LogP contribution in [-0.4, -0.2) is 22.9 Å². The number of thioether (sulfide) groups is 1. The molecule has 0 radical (unpaired) electrons. The smallest absolute Gasteiger partial charge is 0.336 e. The van der Waals surface area contributed by atoms with Crippen molar-refractivity contribution >= 4 is 64.1 Å². The van der Waals surface area contributed by atoms with E-state index in [1.807, 2.05) is 30.3 Å². The molecule has 4 aromatic carbocycles. The third kappa shape index (κ3) is 6.71. The van der Waals surface area contributed by atoms with Crippen molar-refractivity contribution < 1.29 is 19.5 Å². The quantitative estimate of drug-likeness (QED) is 0.198. The lowest BCUT2D eigenvalue weighted by Gasteiger charge is -2.18. The van der Waals surface area contributed by atoms with Crippen LogP contribution in [0.5, 0.6) is 0 Å². The van der Waals surface area contributed by atoms with E-state index >= 15 is 0 Å². The molecule has 6 nitrogen and oxygen atoms in total. The molecule has 0 saturated heterocycles. The Balaban J connectivity index is 1.50. The van der Waals surface area contributed by atoms with Gasteiger partial charge in [-0.3, -0.25) is 9.59 Å². The Kier molecular flexibility index (Phi) is 8.50. The van der Waals surface area contributed by atoms with Crippen LogP contribution in [0.4, 0.5) is 11.4 Å². The summed E-state index contributed by atoms with van der Waals surface area (Å²) in [7, 11) is 0. The van der Waals surface area contributed by atoms with Crippen LogP contribution in [0.3, 0.4) is 0 Å². The first-order valence-electron chi connectivity index (χ1n) is 11.0. The van der Waals surface area contributed by atoms with Crippen molar-refractivity contribution in [1.29, 1.82) is 0 Å². The third-order valence-electron chi connectivity index (χ3n) is 5.30. The molecule has 186 valence electrons. The van der Waals surface area contributed by atoms with E-state index in [0.717, 1.165) is 10.5 Å². The summed E-state index contributed by atoms with van der Waals surface area (Å²) in [5.41, 5.74) is 1.82. The normalized spacial score (nSPS) is 11.4. The number of anilines is 2. The SMILES string of the molecule is O=C(O)c1ccccc1C(=O)Nc1ccc(SC(C(=O)Nc2ccc(Cl)c(Cl)c2)c2ccccc2)cc1. The highest BCUT2D eigenvalue weighted by Crippen LogP contribution is 2.37. The van der Waals surface area contributed by atoms with Crippen LogP contribution in [0, 0.1) is 0 Å². The van der Waals surface area contributed by atoms with Crippen molar-refractivity contribution in [2.45, 2.75) is 10.1 Å². The number of carbonyl (C=O) groups excluding carboxylic acids is 2. The zero-order chi connectivity index (χ0) is 26.4. The zero-order valence-corrected chi connectivity index (χ0v) is 21.5. The molecule has 0 aliphatic heterocycles. The standard InChI is InChI=1S/C28H20Cl2N2O4S/c29-23-15-12-19(16-24(23)30)32-27(34)25(17-6-2-1-3-7-17)37-20-13-10-18(11-14-20)31-26(33)21-8-4-5-9-22(21)28(35)36/h1-16,25H,(H,31,33)(H,32,34)(H,35,36). The lowest BCUT2D eigenvalue weighted by Crippen LogP contribution is -2.19. The minimum absolute atomic E-state index is 0.0663. The number of halogens is 2. The van der Waals surface area contributed by atoms with Crippen LogP contribution in [0.25, 0.3) is 0 Å². The number of carboxylic acids is 1. The number of nitrogens with one attached hydrogen (secondary N) is 2. The summed E-state index contributed by atoms with van der Waals surface area (Å²) in [6.45, 7) is 0. The minimum atomic E-state index is -1.18. The second-order valence-electron chi connectivity index (χ2n) is 7.86. The molecule has 0 saturated carbocycles. The lowest BCUT2D eigenvalue weighted by atomic mass is 10.1. The van der Waals surface area contributed by atoms with Crippen molar-refractivity contribution in [3.63, 3.8) is 0 Å². The number of aromatic carboxylic acids is 1. The van der Waals surface area contributed by atoms with Gasteiger partial charge in [0.15, 0.2) is 0 Å². The molecule has 9 heteroatoms. The number of benzene rings is 4. The lowest BCUT2D eigenvalue weighted by molar-refractivity contribution is -0.115. The monoisotopic (exact) mass is 550 g/mol. The van der Waals surface area contributed by atoms with Crippen LogP contribution in [-0.2, 0) is 4.79 Å². The van der Waals surface area contributed by atoms with E-state index in [1.54, 1.807) is 54.6 Å².